The molecule has 1 atom stereocenters. The number of hydrogen-bond acceptors (Lipinski definition) is 4. The van der Waals surface area contributed by atoms with Crippen LogP contribution >= 0.6 is 0 Å². The fraction of sp³-hybridized carbons (Fsp3) is 0.480. The molecule has 1 aliphatic rings. The van der Waals surface area contributed by atoms with Gasteiger partial charge in [0, 0.05) is 50.0 Å². The summed E-state index contributed by atoms with van der Waals surface area (Å²) in [6.07, 6.45) is 1.90. The van der Waals surface area contributed by atoms with Crippen molar-refractivity contribution in [1.82, 2.24) is 10.2 Å². The third kappa shape index (κ3) is 6.49. The number of carbonyl (C=O) groups excluding carboxylic acids is 1. The van der Waals surface area contributed by atoms with Gasteiger partial charge in [0.05, 0.1) is 6.61 Å². The summed E-state index contributed by atoms with van der Waals surface area (Å²) < 4.78 is 5.63. The van der Waals surface area contributed by atoms with Crippen LogP contribution in [0.5, 0.6) is 5.75 Å². The minimum Gasteiger partial charge on any atom is -0.494 e. The third-order valence-electron chi connectivity index (χ3n) is 5.56. The molecule has 0 radical (unpaired) electrons. The van der Waals surface area contributed by atoms with Gasteiger partial charge in [-0.3, -0.25) is 9.69 Å². The van der Waals surface area contributed by atoms with Gasteiger partial charge in [0.15, 0.2) is 0 Å². The van der Waals surface area contributed by atoms with Gasteiger partial charge in [-0.1, -0.05) is 25.1 Å². The van der Waals surface area contributed by atoms with Gasteiger partial charge in [0.2, 0.25) is 0 Å². The van der Waals surface area contributed by atoms with Crippen molar-refractivity contribution in [2.24, 2.45) is 0 Å². The van der Waals surface area contributed by atoms with Crippen molar-refractivity contribution in [3.05, 3.63) is 59.7 Å². The van der Waals surface area contributed by atoms with Crippen molar-refractivity contribution in [2.75, 3.05) is 44.2 Å². The SMILES string of the molecule is CCCOc1cccc(C(=O)NC(C)CCN2CCN(c3cccc(C)c3)CC2)c1. The maximum atomic E-state index is 12.6. The van der Waals surface area contributed by atoms with E-state index in [4.69, 9.17) is 4.74 Å². The molecule has 0 aromatic heterocycles. The van der Waals surface area contributed by atoms with Crippen LogP contribution in [-0.4, -0.2) is 56.2 Å². The molecular formula is C25H35N3O2. The van der Waals surface area contributed by atoms with Crippen molar-refractivity contribution in [1.29, 1.82) is 0 Å². The van der Waals surface area contributed by atoms with Gasteiger partial charge in [-0.05, 0) is 62.6 Å². The molecule has 2 aromatic rings. The molecule has 162 valence electrons. The lowest BCUT2D eigenvalue weighted by Gasteiger charge is -2.36. The number of rotatable bonds is 9. The molecule has 1 saturated heterocycles. The predicted octanol–water partition coefficient (Wildman–Crippen LogP) is 4.11. The van der Waals surface area contributed by atoms with Crippen LogP contribution < -0.4 is 15.0 Å². The van der Waals surface area contributed by atoms with E-state index in [2.05, 4.69) is 60.2 Å². The van der Waals surface area contributed by atoms with E-state index in [1.807, 2.05) is 24.3 Å². The summed E-state index contributed by atoms with van der Waals surface area (Å²) in [7, 11) is 0. The Bertz CT molecular complexity index is 816. The summed E-state index contributed by atoms with van der Waals surface area (Å²) in [4.78, 5) is 17.5. The lowest BCUT2D eigenvalue weighted by molar-refractivity contribution is 0.0934. The molecule has 3 rings (SSSR count). The fourth-order valence-electron chi connectivity index (χ4n) is 3.76. The van der Waals surface area contributed by atoms with E-state index >= 15 is 0 Å². The van der Waals surface area contributed by atoms with Crippen LogP contribution in [0, 0.1) is 6.92 Å². The highest BCUT2D eigenvalue weighted by molar-refractivity contribution is 5.94. The van der Waals surface area contributed by atoms with Crippen LogP contribution in [0.2, 0.25) is 0 Å². The van der Waals surface area contributed by atoms with Gasteiger partial charge in [-0.15, -0.1) is 0 Å². The minimum absolute atomic E-state index is 0.0336. The molecule has 1 unspecified atom stereocenters. The highest BCUT2D eigenvalue weighted by atomic mass is 16.5. The summed E-state index contributed by atoms with van der Waals surface area (Å²) in [5, 5.41) is 3.13. The van der Waals surface area contributed by atoms with Gasteiger partial charge >= 0.3 is 0 Å². The number of anilines is 1. The molecule has 0 spiro atoms. The van der Waals surface area contributed by atoms with Crippen molar-refractivity contribution < 1.29 is 9.53 Å². The first-order valence-electron chi connectivity index (χ1n) is 11.1. The number of nitrogens with one attached hydrogen (secondary N) is 1. The summed E-state index contributed by atoms with van der Waals surface area (Å²) in [6.45, 7) is 12.2. The zero-order chi connectivity index (χ0) is 21.3. The Kier molecular flexibility index (Phi) is 8.14. The maximum absolute atomic E-state index is 12.6. The molecule has 5 nitrogen and oxygen atoms in total. The number of piperazine rings is 1. The number of aryl methyl sites for hydroxylation is 1. The Labute approximate surface area is 181 Å². The predicted molar refractivity (Wildman–Crippen MR) is 124 cm³/mol. The molecule has 0 saturated carbocycles. The lowest BCUT2D eigenvalue weighted by Crippen LogP contribution is -2.47. The van der Waals surface area contributed by atoms with E-state index in [1.165, 1.54) is 11.3 Å². The summed E-state index contributed by atoms with van der Waals surface area (Å²) in [6, 6.07) is 16.3. The molecule has 1 aliphatic heterocycles. The summed E-state index contributed by atoms with van der Waals surface area (Å²) in [5.41, 5.74) is 3.28. The Balaban J connectivity index is 1.41. The lowest BCUT2D eigenvalue weighted by atomic mass is 10.1. The van der Waals surface area contributed by atoms with Crippen LogP contribution in [0.15, 0.2) is 48.5 Å². The molecule has 2 aromatic carbocycles. The molecule has 0 aliphatic carbocycles. The first-order chi connectivity index (χ1) is 14.5. The molecule has 1 amide bonds. The maximum Gasteiger partial charge on any atom is 0.251 e. The third-order valence-corrected chi connectivity index (χ3v) is 5.56. The van der Waals surface area contributed by atoms with Gasteiger partial charge in [-0.25, -0.2) is 0 Å². The first-order valence-corrected chi connectivity index (χ1v) is 11.1. The number of nitrogens with zero attached hydrogens (tertiary/aromatic N) is 2. The topological polar surface area (TPSA) is 44.8 Å². The second-order valence-corrected chi connectivity index (χ2v) is 8.21. The monoisotopic (exact) mass is 409 g/mol. The van der Waals surface area contributed by atoms with E-state index in [9.17, 15) is 4.79 Å². The van der Waals surface area contributed by atoms with Crippen molar-refractivity contribution in [2.45, 2.75) is 39.7 Å². The molecule has 1 fully saturated rings. The zero-order valence-corrected chi connectivity index (χ0v) is 18.6. The highest BCUT2D eigenvalue weighted by Crippen LogP contribution is 2.18. The molecule has 1 heterocycles. The van der Waals surface area contributed by atoms with E-state index in [-0.39, 0.29) is 11.9 Å². The summed E-state index contributed by atoms with van der Waals surface area (Å²) >= 11 is 0. The van der Waals surface area contributed by atoms with Gasteiger partial charge < -0.3 is 15.0 Å². The molecular weight excluding hydrogens is 374 g/mol. The van der Waals surface area contributed by atoms with E-state index < -0.39 is 0 Å². The van der Waals surface area contributed by atoms with Crippen molar-refractivity contribution in [3.8, 4) is 5.75 Å². The highest BCUT2D eigenvalue weighted by Gasteiger charge is 2.18. The number of amides is 1. The van der Waals surface area contributed by atoms with Crippen LogP contribution in [0.25, 0.3) is 0 Å². The normalized spacial score (nSPS) is 15.6. The van der Waals surface area contributed by atoms with Gasteiger partial charge in [0.25, 0.3) is 5.91 Å². The average molecular weight is 410 g/mol. The fourth-order valence-corrected chi connectivity index (χ4v) is 3.76. The smallest absolute Gasteiger partial charge is 0.251 e. The molecule has 30 heavy (non-hydrogen) atoms. The Morgan fingerprint density at radius 3 is 2.60 bits per heavy atom. The minimum atomic E-state index is -0.0336. The number of hydrogen-bond donors (Lipinski definition) is 1. The van der Waals surface area contributed by atoms with Crippen molar-refractivity contribution >= 4 is 11.6 Å². The second kappa shape index (κ2) is 11.0. The molecule has 0 bridgehead atoms. The number of carbonyl (C=O) groups is 1. The number of ether oxygens (including phenoxy) is 1. The van der Waals surface area contributed by atoms with E-state index in [0.29, 0.717) is 12.2 Å². The van der Waals surface area contributed by atoms with Crippen LogP contribution in [0.1, 0.15) is 42.6 Å². The average Bonchev–Trinajstić information content (AvgIpc) is 2.77. The van der Waals surface area contributed by atoms with Crippen LogP contribution in [-0.2, 0) is 0 Å². The van der Waals surface area contributed by atoms with Gasteiger partial charge in [-0.2, -0.15) is 0 Å². The quantitative estimate of drug-likeness (QED) is 0.677. The Hall–Kier alpha value is -2.53. The van der Waals surface area contributed by atoms with E-state index in [1.54, 1.807) is 0 Å². The largest absolute Gasteiger partial charge is 0.494 e. The van der Waals surface area contributed by atoms with Crippen LogP contribution in [0.4, 0.5) is 5.69 Å². The second-order valence-electron chi connectivity index (χ2n) is 8.21. The molecule has 1 N–H and O–H groups in total. The Morgan fingerprint density at radius 2 is 1.87 bits per heavy atom. The van der Waals surface area contributed by atoms with E-state index in [0.717, 1.165) is 51.3 Å². The zero-order valence-electron chi connectivity index (χ0n) is 18.6. The Morgan fingerprint density at radius 1 is 1.10 bits per heavy atom. The van der Waals surface area contributed by atoms with Gasteiger partial charge in [0.1, 0.15) is 5.75 Å². The number of benzene rings is 2. The standard InChI is InChI=1S/C25H35N3O2/c1-4-17-30-24-10-6-8-22(19-24)25(29)26-21(3)11-12-27-13-15-28(16-14-27)23-9-5-7-20(2)18-23/h5-10,18-19,21H,4,11-17H2,1-3H3,(H,26,29). The molecule has 5 heteroatoms. The summed E-state index contributed by atoms with van der Waals surface area (Å²) in [5.74, 6) is 0.720. The van der Waals surface area contributed by atoms with Crippen molar-refractivity contribution in [3.63, 3.8) is 0 Å². The first kappa shape index (κ1) is 22.2. The van der Waals surface area contributed by atoms with Crippen LogP contribution in [0.3, 0.4) is 0 Å².